The average Bonchev–Trinajstić information content (AvgIpc) is 2.61. The maximum atomic E-state index is 11.9. The van der Waals surface area contributed by atoms with Crippen molar-refractivity contribution in [3.8, 4) is 0 Å². The van der Waals surface area contributed by atoms with Crippen LogP contribution in [0.2, 0.25) is 0 Å². The first-order chi connectivity index (χ1) is 8.99. The minimum atomic E-state index is -0.391. The quantitative estimate of drug-likeness (QED) is 0.645. The summed E-state index contributed by atoms with van der Waals surface area (Å²) < 4.78 is 0. The number of hydrogen-bond acceptors (Lipinski definition) is 4. The van der Waals surface area contributed by atoms with Crippen LogP contribution in [0, 0.1) is 5.92 Å². The van der Waals surface area contributed by atoms with E-state index in [2.05, 4.69) is 5.32 Å². The number of nitrogens with zero attached hydrogens (tertiary/aromatic N) is 2. The minimum absolute atomic E-state index is 0.0678. The molecule has 0 aliphatic carbocycles. The van der Waals surface area contributed by atoms with Crippen molar-refractivity contribution < 1.29 is 14.4 Å². The highest BCUT2D eigenvalue weighted by atomic mass is 16.2. The summed E-state index contributed by atoms with van der Waals surface area (Å²) in [5.41, 5.74) is 5.38. The van der Waals surface area contributed by atoms with E-state index in [-0.39, 0.29) is 30.7 Å². The number of nitrogens with two attached hydrogens (primary N) is 1. The summed E-state index contributed by atoms with van der Waals surface area (Å²) in [4.78, 5) is 38.4. The van der Waals surface area contributed by atoms with Crippen molar-refractivity contribution in [1.82, 2.24) is 15.1 Å². The summed E-state index contributed by atoms with van der Waals surface area (Å²) in [6.45, 7) is 3.35. The van der Waals surface area contributed by atoms with Crippen LogP contribution in [-0.2, 0) is 14.4 Å². The lowest BCUT2D eigenvalue weighted by molar-refractivity contribution is -0.132. The van der Waals surface area contributed by atoms with Gasteiger partial charge in [-0.15, -0.1) is 0 Å². The Morgan fingerprint density at radius 2 is 1.79 bits per heavy atom. The molecular weight excluding hydrogens is 248 g/mol. The highest BCUT2D eigenvalue weighted by Crippen LogP contribution is 2.11. The third-order valence-corrected chi connectivity index (χ3v) is 3.29. The standard InChI is InChI=1S/C12H22N4O3/c1-9(17)15-5-6-16(11(18)3-4-13)8-10(7-15)12(19)14-2/h10H,3-8,13H2,1-2H3,(H,14,19)/t10-/m0/s1. The Balaban J connectivity index is 2.80. The molecule has 0 aromatic carbocycles. The van der Waals surface area contributed by atoms with Crippen molar-refractivity contribution in [2.24, 2.45) is 11.7 Å². The van der Waals surface area contributed by atoms with Gasteiger partial charge in [0.15, 0.2) is 0 Å². The molecule has 7 heteroatoms. The Kier molecular flexibility index (Phi) is 5.75. The van der Waals surface area contributed by atoms with Gasteiger partial charge in [0.05, 0.1) is 5.92 Å². The molecule has 3 N–H and O–H groups in total. The number of carbonyl (C=O) groups excluding carboxylic acids is 3. The molecular formula is C12H22N4O3. The van der Waals surface area contributed by atoms with Gasteiger partial charge in [0.1, 0.15) is 0 Å². The van der Waals surface area contributed by atoms with E-state index < -0.39 is 5.92 Å². The molecule has 1 rings (SSSR count). The molecule has 0 radical (unpaired) electrons. The first kappa shape index (κ1) is 15.4. The molecule has 1 aliphatic heterocycles. The zero-order valence-corrected chi connectivity index (χ0v) is 11.5. The lowest BCUT2D eigenvalue weighted by Crippen LogP contribution is -2.42. The molecule has 0 aromatic heterocycles. The van der Waals surface area contributed by atoms with Gasteiger partial charge in [-0.1, -0.05) is 0 Å². The van der Waals surface area contributed by atoms with Crippen LogP contribution in [-0.4, -0.2) is 67.3 Å². The molecule has 0 bridgehead atoms. The minimum Gasteiger partial charge on any atom is -0.359 e. The van der Waals surface area contributed by atoms with Crippen molar-refractivity contribution in [3.63, 3.8) is 0 Å². The van der Waals surface area contributed by atoms with Gasteiger partial charge >= 0.3 is 0 Å². The van der Waals surface area contributed by atoms with Crippen LogP contribution in [0.25, 0.3) is 0 Å². The highest BCUT2D eigenvalue weighted by Gasteiger charge is 2.30. The smallest absolute Gasteiger partial charge is 0.226 e. The molecule has 1 heterocycles. The molecule has 1 saturated heterocycles. The normalized spacial score (nSPS) is 19.8. The van der Waals surface area contributed by atoms with Gasteiger partial charge in [0.2, 0.25) is 17.7 Å². The largest absolute Gasteiger partial charge is 0.359 e. The van der Waals surface area contributed by atoms with Gasteiger partial charge in [0, 0.05) is 53.1 Å². The summed E-state index contributed by atoms with van der Waals surface area (Å²) in [6.07, 6.45) is 0.264. The van der Waals surface area contributed by atoms with Crippen molar-refractivity contribution in [2.45, 2.75) is 13.3 Å². The average molecular weight is 270 g/mol. The second kappa shape index (κ2) is 7.08. The van der Waals surface area contributed by atoms with Gasteiger partial charge in [-0.3, -0.25) is 14.4 Å². The van der Waals surface area contributed by atoms with E-state index in [0.717, 1.165) is 0 Å². The van der Waals surface area contributed by atoms with E-state index in [4.69, 9.17) is 5.73 Å². The zero-order chi connectivity index (χ0) is 14.4. The molecule has 3 amide bonds. The number of rotatable bonds is 3. The molecule has 1 fully saturated rings. The molecule has 19 heavy (non-hydrogen) atoms. The molecule has 0 spiro atoms. The van der Waals surface area contributed by atoms with E-state index in [9.17, 15) is 14.4 Å². The third-order valence-electron chi connectivity index (χ3n) is 3.29. The third kappa shape index (κ3) is 4.20. The van der Waals surface area contributed by atoms with Gasteiger partial charge in [-0.05, 0) is 0 Å². The summed E-state index contributed by atoms with van der Waals surface area (Å²) >= 11 is 0. The van der Waals surface area contributed by atoms with Crippen molar-refractivity contribution in [2.75, 3.05) is 39.8 Å². The van der Waals surface area contributed by atoms with Gasteiger partial charge < -0.3 is 20.9 Å². The Morgan fingerprint density at radius 1 is 1.21 bits per heavy atom. The fourth-order valence-corrected chi connectivity index (χ4v) is 2.18. The van der Waals surface area contributed by atoms with Crippen LogP contribution in [0.4, 0.5) is 0 Å². The summed E-state index contributed by atoms with van der Waals surface area (Å²) in [6, 6.07) is 0. The highest BCUT2D eigenvalue weighted by molar-refractivity contribution is 5.82. The molecule has 0 aromatic rings. The topological polar surface area (TPSA) is 95.7 Å². The molecule has 0 saturated carbocycles. The fourth-order valence-electron chi connectivity index (χ4n) is 2.18. The van der Waals surface area contributed by atoms with Crippen LogP contribution in [0.3, 0.4) is 0 Å². The Labute approximate surface area is 113 Å². The SMILES string of the molecule is CNC(=O)[C@H]1CN(C(C)=O)CCN(C(=O)CCN)C1. The summed E-state index contributed by atoms with van der Waals surface area (Å²) in [5, 5.41) is 2.57. The molecule has 1 atom stereocenters. The van der Waals surface area contributed by atoms with E-state index in [1.807, 2.05) is 0 Å². The van der Waals surface area contributed by atoms with Crippen molar-refractivity contribution >= 4 is 17.7 Å². The Bertz CT molecular complexity index is 359. The lowest BCUT2D eigenvalue weighted by atomic mass is 10.1. The Morgan fingerprint density at radius 3 is 2.32 bits per heavy atom. The second-order valence-corrected chi connectivity index (χ2v) is 4.65. The Hall–Kier alpha value is -1.63. The fraction of sp³-hybridized carbons (Fsp3) is 0.750. The van der Waals surface area contributed by atoms with E-state index in [1.54, 1.807) is 16.8 Å². The zero-order valence-electron chi connectivity index (χ0n) is 11.5. The first-order valence-electron chi connectivity index (χ1n) is 6.44. The van der Waals surface area contributed by atoms with Crippen LogP contribution in [0.5, 0.6) is 0 Å². The number of hydrogen-bond donors (Lipinski definition) is 2. The van der Waals surface area contributed by atoms with E-state index >= 15 is 0 Å². The summed E-state index contributed by atoms with van der Waals surface area (Å²) in [5.74, 6) is -0.694. The summed E-state index contributed by atoms with van der Waals surface area (Å²) in [7, 11) is 1.55. The lowest BCUT2D eigenvalue weighted by Gasteiger charge is -2.23. The molecule has 108 valence electrons. The van der Waals surface area contributed by atoms with Crippen LogP contribution >= 0.6 is 0 Å². The van der Waals surface area contributed by atoms with Gasteiger partial charge in [0.25, 0.3) is 0 Å². The van der Waals surface area contributed by atoms with Crippen LogP contribution in [0.15, 0.2) is 0 Å². The predicted octanol–water partition coefficient (Wildman–Crippen LogP) is -1.61. The maximum absolute atomic E-state index is 11.9. The maximum Gasteiger partial charge on any atom is 0.226 e. The molecule has 0 unspecified atom stereocenters. The van der Waals surface area contributed by atoms with Gasteiger partial charge in [-0.2, -0.15) is 0 Å². The monoisotopic (exact) mass is 270 g/mol. The van der Waals surface area contributed by atoms with Crippen LogP contribution in [0.1, 0.15) is 13.3 Å². The second-order valence-electron chi connectivity index (χ2n) is 4.65. The van der Waals surface area contributed by atoms with Crippen molar-refractivity contribution in [3.05, 3.63) is 0 Å². The number of nitrogens with one attached hydrogen (secondary N) is 1. The number of carbonyl (C=O) groups is 3. The van der Waals surface area contributed by atoms with Crippen molar-refractivity contribution in [1.29, 1.82) is 0 Å². The molecule has 1 aliphatic rings. The first-order valence-corrected chi connectivity index (χ1v) is 6.44. The van der Waals surface area contributed by atoms with E-state index in [0.29, 0.717) is 26.2 Å². The molecule has 7 nitrogen and oxygen atoms in total. The van der Waals surface area contributed by atoms with Crippen LogP contribution < -0.4 is 11.1 Å². The van der Waals surface area contributed by atoms with Gasteiger partial charge in [-0.25, -0.2) is 0 Å². The van der Waals surface area contributed by atoms with E-state index in [1.165, 1.54) is 6.92 Å². The predicted molar refractivity (Wildman–Crippen MR) is 70.1 cm³/mol. The number of amides is 3.